The maximum atomic E-state index is 12.6. The van der Waals surface area contributed by atoms with E-state index in [0.717, 1.165) is 28.8 Å². The van der Waals surface area contributed by atoms with E-state index in [1.807, 2.05) is 71.0 Å². The molecular weight excluding hydrogens is 432 g/mol. The molecule has 3 aromatic rings. The van der Waals surface area contributed by atoms with Gasteiger partial charge in [0.2, 0.25) is 5.91 Å². The molecule has 1 amide bonds. The Balaban J connectivity index is 1.59. The number of nitrogens with zero attached hydrogens (tertiary/aromatic N) is 5. The van der Waals surface area contributed by atoms with Crippen LogP contribution in [0.4, 0.5) is 5.82 Å². The third kappa shape index (κ3) is 5.43. The summed E-state index contributed by atoms with van der Waals surface area (Å²) in [6, 6.07) is 9.55. The second kappa shape index (κ2) is 10.5. The summed E-state index contributed by atoms with van der Waals surface area (Å²) in [4.78, 5) is 32.5. The summed E-state index contributed by atoms with van der Waals surface area (Å²) in [5, 5.41) is 7.85. The molecule has 2 aromatic heterocycles. The van der Waals surface area contributed by atoms with E-state index >= 15 is 0 Å². The first-order valence-electron chi connectivity index (χ1n) is 11.3. The number of carbonyl (C=O) groups is 2. The van der Waals surface area contributed by atoms with Crippen LogP contribution in [0.3, 0.4) is 0 Å². The van der Waals surface area contributed by atoms with Crippen molar-refractivity contribution in [3.8, 4) is 0 Å². The largest absolute Gasteiger partial charge is 0.463 e. The number of likely N-dealkylation sites (N-methyl/N-ethyl adjacent to an activating group) is 1. The molecule has 34 heavy (non-hydrogen) atoms. The van der Waals surface area contributed by atoms with Gasteiger partial charge in [-0.05, 0) is 37.2 Å². The van der Waals surface area contributed by atoms with E-state index in [1.165, 1.54) is 13.3 Å². The number of amides is 1. The third-order valence-electron chi connectivity index (χ3n) is 5.77. The minimum Gasteiger partial charge on any atom is -0.463 e. The number of benzene rings is 1. The van der Waals surface area contributed by atoms with E-state index in [1.54, 1.807) is 6.08 Å². The summed E-state index contributed by atoms with van der Waals surface area (Å²) in [6.45, 7) is 3.46. The first kappa shape index (κ1) is 23.4. The zero-order valence-electron chi connectivity index (χ0n) is 19.8. The summed E-state index contributed by atoms with van der Waals surface area (Å²) in [7, 11) is 3.94. The number of aromatic nitrogens is 3. The molecule has 1 aliphatic rings. The molecule has 1 aliphatic heterocycles. The van der Waals surface area contributed by atoms with Gasteiger partial charge in [0.05, 0.1) is 6.04 Å². The van der Waals surface area contributed by atoms with Gasteiger partial charge in [0.25, 0.3) is 0 Å². The number of ether oxygens (including phenoxy) is 1. The lowest BCUT2D eigenvalue weighted by Crippen LogP contribution is -2.34. The standard InChI is InChI=1S/C25H30N6O3/c1-18(32)34-16-22(19-8-5-4-6-9-19)28-25-24-21-11-13-30(23(33)10-7-12-29(2)3)14-20(21)15-31(24)27-17-26-25/h4-10,15,17,22H,11-14,16H2,1-3H3,(H,26,27,28). The number of fused-ring (bicyclic) bond motifs is 3. The fraction of sp³-hybridized carbons (Fsp3) is 0.360. The molecule has 9 heteroatoms. The molecule has 0 fully saturated rings. The number of rotatable bonds is 8. The van der Waals surface area contributed by atoms with Gasteiger partial charge in [-0.15, -0.1) is 0 Å². The Bertz CT molecular complexity index is 1190. The van der Waals surface area contributed by atoms with Crippen molar-refractivity contribution in [3.63, 3.8) is 0 Å². The van der Waals surface area contributed by atoms with Crippen molar-refractivity contribution in [3.05, 3.63) is 71.7 Å². The van der Waals surface area contributed by atoms with Gasteiger partial charge in [-0.3, -0.25) is 9.59 Å². The van der Waals surface area contributed by atoms with Crippen LogP contribution in [0, 0.1) is 0 Å². The quantitative estimate of drug-likeness (QED) is 0.406. The predicted molar refractivity (Wildman–Crippen MR) is 129 cm³/mol. The van der Waals surface area contributed by atoms with Gasteiger partial charge < -0.3 is 19.9 Å². The first-order chi connectivity index (χ1) is 16.4. The topological polar surface area (TPSA) is 92.1 Å². The minimum atomic E-state index is -0.333. The molecule has 1 aromatic carbocycles. The molecule has 0 saturated heterocycles. The summed E-state index contributed by atoms with van der Waals surface area (Å²) >= 11 is 0. The van der Waals surface area contributed by atoms with Crippen LogP contribution in [-0.4, -0.2) is 70.1 Å². The highest BCUT2D eigenvalue weighted by Gasteiger charge is 2.25. The van der Waals surface area contributed by atoms with Gasteiger partial charge in [0.1, 0.15) is 18.5 Å². The van der Waals surface area contributed by atoms with E-state index in [-0.39, 0.29) is 24.5 Å². The van der Waals surface area contributed by atoms with Crippen molar-refractivity contribution in [2.45, 2.75) is 25.9 Å². The first-order valence-corrected chi connectivity index (χ1v) is 11.3. The molecular formula is C25H30N6O3. The maximum absolute atomic E-state index is 12.6. The summed E-state index contributed by atoms with van der Waals surface area (Å²) in [6.07, 6.45) is 7.70. The van der Waals surface area contributed by atoms with Crippen LogP contribution in [0.5, 0.6) is 0 Å². The molecule has 0 aliphatic carbocycles. The molecule has 0 saturated carbocycles. The van der Waals surface area contributed by atoms with Crippen molar-refractivity contribution in [1.29, 1.82) is 0 Å². The van der Waals surface area contributed by atoms with Crippen LogP contribution in [-0.2, 0) is 27.3 Å². The average molecular weight is 463 g/mol. The van der Waals surface area contributed by atoms with Gasteiger partial charge in [0.15, 0.2) is 5.82 Å². The van der Waals surface area contributed by atoms with Crippen molar-refractivity contribution in [1.82, 2.24) is 24.4 Å². The van der Waals surface area contributed by atoms with E-state index in [4.69, 9.17) is 4.74 Å². The van der Waals surface area contributed by atoms with Crippen LogP contribution < -0.4 is 5.32 Å². The minimum absolute atomic E-state index is 0.0118. The number of hydrogen-bond acceptors (Lipinski definition) is 7. The summed E-state index contributed by atoms with van der Waals surface area (Å²) in [5.41, 5.74) is 4.06. The summed E-state index contributed by atoms with van der Waals surface area (Å²) in [5.74, 6) is 0.348. The summed E-state index contributed by atoms with van der Waals surface area (Å²) < 4.78 is 7.13. The van der Waals surface area contributed by atoms with E-state index < -0.39 is 0 Å². The Morgan fingerprint density at radius 3 is 2.79 bits per heavy atom. The van der Waals surface area contributed by atoms with Gasteiger partial charge in [0, 0.05) is 38.8 Å². The molecule has 0 radical (unpaired) electrons. The smallest absolute Gasteiger partial charge is 0.302 e. The lowest BCUT2D eigenvalue weighted by molar-refractivity contribution is -0.141. The molecule has 0 bridgehead atoms. The fourth-order valence-electron chi connectivity index (χ4n) is 4.11. The highest BCUT2D eigenvalue weighted by atomic mass is 16.5. The highest BCUT2D eigenvalue weighted by molar-refractivity contribution is 5.88. The zero-order chi connectivity index (χ0) is 24.1. The fourth-order valence-corrected chi connectivity index (χ4v) is 4.11. The third-order valence-corrected chi connectivity index (χ3v) is 5.77. The van der Waals surface area contributed by atoms with Crippen molar-refractivity contribution in [2.75, 3.05) is 39.1 Å². The van der Waals surface area contributed by atoms with Crippen LogP contribution in [0.2, 0.25) is 0 Å². The van der Waals surface area contributed by atoms with Crippen molar-refractivity contribution < 1.29 is 14.3 Å². The Morgan fingerprint density at radius 2 is 2.06 bits per heavy atom. The normalized spacial score (nSPS) is 14.4. The van der Waals surface area contributed by atoms with Crippen molar-refractivity contribution >= 4 is 23.2 Å². The molecule has 1 unspecified atom stereocenters. The number of nitrogens with one attached hydrogen (secondary N) is 1. The lowest BCUT2D eigenvalue weighted by Gasteiger charge is -2.26. The number of hydrogen-bond donors (Lipinski definition) is 1. The molecule has 3 heterocycles. The van der Waals surface area contributed by atoms with E-state index in [9.17, 15) is 9.59 Å². The number of carbonyl (C=O) groups excluding carboxylic acids is 2. The second-order valence-corrected chi connectivity index (χ2v) is 8.62. The number of anilines is 1. The van der Waals surface area contributed by atoms with E-state index in [2.05, 4.69) is 15.4 Å². The van der Waals surface area contributed by atoms with Crippen LogP contribution in [0.15, 0.2) is 55.0 Å². The molecule has 1 atom stereocenters. The van der Waals surface area contributed by atoms with Crippen molar-refractivity contribution in [2.24, 2.45) is 0 Å². The van der Waals surface area contributed by atoms with Gasteiger partial charge in [-0.25, -0.2) is 9.50 Å². The second-order valence-electron chi connectivity index (χ2n) is 8.62. The van der Waals surface area contributed by atoms with Gasteiger partial charge >= 0.3 is 5.97 Å². The SMILES string of the molecule is CC(=O)OCC(Nc1ncnn2cc3c(c12)CCN(C(=O)C=CCN(C)C)C3)c1ccccc1. The Hall–Kier alpha value is -3.72. The van der Waals surface area contributed by atoms with Crippen LogP contribution in [0.1, 0.15) is 29.7 Å². The predicted octanol–water partition coefficient (Wildman–Crippen LogP) is 2.45. The van der Waals surface area contributed by atoms with Crippen LogP contribution >= 0.6 is 0 Å². The Morgan fingerprint density at radius 1 is 1.26 bits per heavy atom. The molecule has 4 rings (SSSR count). The number of esters is 1. The van der Waals surface area contributed by atoms with E-state index in [0.29, 0.717) is 25.3 Å². The van der Waals surface area contributed by atoms with Gasteiger partial charge in [-0.1, -0.05) is 36.4 Å². The Labute approximate surface area is 199 Å². The molecule has 178 valence electrons. The average Bonchev–Trinajstić information content (AvgIpc) is 3.20. The van der Waals surface area contributed by atoms with Gasteiger partial charge in [-0.2, -0.15) is 5.10 Å². The molecule has 1 N–H and O–H groups in total. The highest BCUT2D eigenvalue weighted by Crippen LogP contribution is 2.30. The molecule has 0 spiro atoms. The maximum Gasteiger partial charge on any atom is 0.302 e. The van der Waals surface area contributed by atoms with Crippen LogP contribution in [0.25, 0.3) is 5.52 Å². The zero-order valence-corrected chi connectivity index (χ0v) is 19.8. The molecule has 9 nitrogen and oxygen atoms in total. The Kier molecular flexibility index (Phi) is 7.22. The monoisotopic (exact) mass is 462 g/mol. The lowest BCUT2D eigenvalue weighted by atomic mass is 10.0.